The molecule has 3 rings (SSSR count). The van der Waals surface area contributed by atoms with Gasteiger partial charge in [0, 0.05) is 55.6 Å². The minimum atomic E-state index is -0.322. The van der Waals surface area contributed by atoms with Crippen LogP contribution in [-0.4, -0.2) is 35.0 Å². The van der Waals surface area contributed by atoms with Gasteiger partial charge in [0.05, 0.1) is 5.57 Å². The largest absolute Gasteiger partial charge is 0.457 e. The zero-order valence-electron chi connectivity index (χ0n) is 20.7. The highest BCUT2D eigenvalue weighted by Gasteiger charge is 2.14. The van der Waals surface area contributed by atoms with Gasteiger partial charge in [-0.1, -0.05) is 26.0 Å². The third-order valence-electron chi connectivity index (χ3n) is 4.77. The molecule has 182 valence electrons. The fraction of sp³-hybridized carbons (Fsp3) is 0.222. The summed E-state index contributed by atoms with van der Waals surface area (Å²) in [4.78, 5) is 37.1. The number of hydrogen-bond donors (Lipinski definition) is 2. The second-order valence-electron chi connectivity index (χ2n) is 7.03. The van der Waals surface area contributed by atoms with Gasteiger partial charge in [0.15, 0.2) is 0 Å². The van der Waals surface area contributed by atoms with E-state index in [1.165, 1.54) is 12.4 Å². The van der Waals surface area contributed by atoms with E-state index in [1.807, 2.05) is 32.9 Å². The van der Waals surface area contributed by atoms with Crippen molar-refractivity contribution in [2.75, 3.05) is 12.4 Å². The van der Waals surface area contributed by atoms with Crippen LogP contribution in [-0.2, 0) is 11.3 Å². The first kappa shape index (κ1) is 26.9. The van der Waals surface area contributed by atoms with E-state index in [-0.39, 0.29) is 11.8 Å². The van der Waals surface area contributed by atoms with Gasteiger partial charge in [-0.25, -0.2) is 4.98 Å². The lowest BCUT2D eigenvalue weighted by Gasteiger charge is -2.13. The highest BCUT2D eigenvalue weighted by atomic mass is 16.5. The van der Waals surface area contributed by atoms with Crippen LogP contribution >= 0.6 is 0 Å². The molecule has 2 amide bonds. The normalized spacial score (nSPS) is 10.8. The van der Waals surface area contributed by atoms with E-state index in [2.05, 4.69) is 25.6 Å². The molecule has 0 fully saturated rings. The van der Waals surface area contributed by atoms with Crippen molar-refractivity contribution in [3.05, 3.63) is 89.4 Å². The van der Waals surface area contributed by atoms with E-state index < -0.39 is 0 Å². The number of nitrogens with one attached hydrogen (secondary N) is 2. The van der Waals surface area contributed by atoms with E-state index >= 15 is 0 Å². The maximum Gasteiger partial charge on any atom is 0.258 e. The summed E-state index contributed by atoms with van der Waals surface area (Å²) in [6.07, 6.45) is 8.04. The third kappa shape index (κ3) is 7.89. The number of carbonyl (C=O) groups is 2. The Bertz CT molecular complexity index is 1190. The Balaban J connectivity index is 0.00000210. The van der Waals surface area contributed by atoms with Crippen LogP contribution in [0, 0.1) is 6.92 Å². The maximum atomic E-state index is 12.7. The molecule has 3 aromatic rings. The van der Waals surface area contributed by atoms with Gasteiger partial charge in [0.2, 0.25) is 0 Å². The molecule has 2 aromatic heterocycles. The number of rotatable bonds is 8. The summed E-state index contributed by atoms with van der Waals surface area (Å²) < 4.78 is 6.00. The van der Waals surface area contributed by atoms with Gasteiger partial charge >= 0.3 is 0 Å². The first-order chi connectivity index (χ1) is 17.0. The summed E-state index contributed by atoms with van der Waals surface area (Å²) >= 11 is 0. The Morgan fingerprint density at radius 1 is 1.09 bits per heavy atom. The molecule has 0 saturated heterocycles. The van der Waals surface area contributed by atoms with Crippen LogP contribution in [0.3, 0.4) is 0 Å². The summed E-state index contributed by atoms with van der Waals surface area (Å²) in [6, 6.07) is 12.3. The number of benzene rings is 1. The number of hydrogen-bond acceptors (Lipinski definition) is 6. The SMILES string of the molecule is C/C=C(\C=NC)C(=O)Nc1cc(Oc2cccc(C(=O)NCc3ccncc3)c2C)ccn1.CC. The van der Waals surface area contributed by atoms with Crippen LogP contribution in [0.2, 0.25) is 0 Å². The van der Waals surface area contributed by atoms with E-state index in [1.54, 1.807) is 62.8 Å². The van der Waals surface area contributed by atoms with Crippen molar-refractivity contribution in [1.29, 1.82) is 0 Å². The van der Waals surface area contributed by atoms with Crippen molar-refractivity contribution in [2.24, 2.45) is 4.99 Å². The first-order valence-electron chi connectivity index (χ1n) is 11.3. The molecular weight excluding hydrogens is 442 g/mol. The van der Waals surface area contributed by atoms with Crippen molar-refractivity contribution < 1.29 is 14.3 Å². The zero-order chi connectivity index (χ0) is 25.6. The molecule has 0 atom stereocenters. The van der Waals surface area contributed by atoms with Crippen molar-refractivity contribution in [1.82, 2.24) is 15.3 Å². The van der Waals surface area contributed by atoms with E-state index in [9.17, 15) is 9.59 Å². The molecule has 1 aromatic carbocycles. The lowest BCUT2D eigenvalue weighted by atomic mass is 10.1. The van der Waals surface area contributed by atoms with Crippen LogP contribution in [0.25, 0.3) is 0 Å². The minimum absolute atomic E-state index is 0.200. The standard InChI is InChI=1S/C25H25N5O3.C2H6/c1-4-19(16-26-3)24(31)30-23-14-20(10-13-28-23)33-22-7-5-6-21(17(22)2)25(32)29-15-18-8-11-27-12-9-18;1-2/h4-14,16H,15H2,1-3H3,(H,29,32)(H,28,30,31);1-2H3/b19-4+,26-16?;. The summed E-state index contributed by atoms with van der Waals surface area (Å²) in [6.45, 7) is 7.98. The number of nitrogens with zero attached hydrogens (tertiary/aromatic N) is 3. The Morgan fingerprint density at radius 3 is 2.51 bits per heavy atom. The molecule has 8 nitrogen and oxygen atoms in total. The van der Waals surface area contributed by atoms with E-state index in [0.29, 0.717) is 40.6 Å². The molecular formula is C27H31N5O3. The molecule has 0 aliphatic heterocycles. The smallest absolute Gasteiger partial charge is 0.258 e. The lowest BCUT2D eigenvalue weighted by molar-refractivity contribution is -0.112. The summed E-state index contributed by atoms with van der Waals surface area (Å²) in [5.41, 5.74) is 2.59. The summed E-state index contributed by atoms with van der Waals surface area (Å²) in [7, 11) is 1.60. The van der Waals surface area contributed by atoms with Crippen molar-refractivity contribution in [3.63, 3.8) is 0 Å². The van der Waals surface area contributed by atoms with Gasteiger partial charge < -0.3 is 15.4 Å². The van der Waals surface area contributed by atoms with Gasteiger partial charge in [-0.15, -0.1) is 0 Å². The number of aliphatic imine (C=N–C) groups is 1. The number of pyridine rings is 2. The van der Waals surface area contributed by atoms with Gasteiger partial charge in [-0.05, 0) is 49.7 Å². The Morgan fingerprint density at radius 2 is 1.83 bits per heavy atom. The first-order valence-corrected chi connectivity index (χ1v) is 11.3. The average molecular weight is 474 g/mol. The molecule has 0 spiro atoms. The van der Waals surface area contributed by atoms with Crippen LogP contribution in [0.1, 0.15) is 42.3 Å². The fourth-order valence-corrected chi connectivity index (χ4v) is 3.01. The van der Waals surface area contributed by atoms with Crippen LogP contribution in [0.4, 0.5) is 5.82 Å². The van der Waals surface area contributed by atoms with Crippen molar-refractivity contribution >= 4 is 23.8 Å². The molecule has 0 unspecified atom stereocenters. The second-order valence-corrected chi connectivity index (χ2v) is 7.03. The number of allylic oxidation sites excluding steroid dienone is 1. The molecule has 2 N–H and O–H groups in total. The van der Waals surface area contributed by atoms with Crippen LogP contribution in [0.5, 0.6) is 11.5 Å². The number of anilines is 1. The molecule has 0 aliphatic carbocycles. The predicted molar refractivity (Wildman–Crippen MR) is 139 cm³/mol. The fourth-order valence-electron chi connectivity index (χ4n) is 3.01. The summed E-state index contributed by atoms with van der Waals surface area (Å²) in [5.74, 6) is 0.821. The molecule has 8 heteroatoms. The van der Waals surface area contributed by atoms with E-state index in [0.717, 1.165) is 5.56 Å². The second kappa shape index (κ2) is 14.0. The maximum absolute atomic E-state index is 12.7. The predicted octanol–water partition coefficient (Wildman–Crippen LogP) is 5.12. The average Bonchev–Trinajstić information content (AvgIpc) is 2.89. The van der Waals surface area contributed by atoms with Gasteiger partial charge in [-0.2, -0.15) is 0 Å². The van der Waals surface area contributed by atoms with Gasteiger partial charge in [0.25, 0.3) is 11.8 Å². The molecule has 2 heterocycles. The Hall–Kier alpha value is -4.33. The number of aromatic nitrogens is 2. The number of carbonyl (C=O) groups excluding carboxylic acids is 2. The minimum Gasteiger partial charge on any atom is -0.457 e. The molecule has 0 radical (unpaired) electrons. The van der Waals surface area contributed by atoms with Gasteiger partial charge in [0.1, 0.15) is 17.3 Å². The van der Waals surface area contributed by atoms with E-state index in [4.69, 9.17) is 4.74 Å². The highest BCUT2D eigenvalue weighted by molar-refractivity contribution is 6.17. The Labute approximate surface area is 206 Å². The molecule has 0 saturated carbocycles. The summed E-state index contributed by atoms with van der Waals surface area (Å²) in [5, 5.41) is 5.63. The van der Waals surface area contributed by atoms with Gasteiger partial charge in [-0.3, -0.25) is 19.6 Å². The zero-order valence-corrected chi connectivity index (χ0v) is 20.7. The van der Waals surface area contributed by atoms with Crippen LogP contribution in [0.15, 0.2) is 77.7 Å². The number of ether oxygens (including phenoxy) is 1. The van der Waals surface area contributed by atoms with Crippen molar-refractivity contribution in [3.8, 4) is 11.5 Å². The number of amides is 2. The quantitative estimate of drug-likeness (QED) is 0.349. The monoisotopic (exact) mass is 473 g/mol. The topological polar surface area (TPSA) is 106 Å². The molecule has 0 aliphatic rings. The van der Waals surface area contributed by atoms with Crippen molar-refractivity contribution in [2.45, 2.75) is 34.2 Å². The Kier molecular flexibility index (Phi) is 10.8. The van der Waals surface area contributed by atoms with Crippen LogP contribution < -0.4 is 15.4 Å². The lowest BCUT2D eigenvalue weighted by Crippen LogP contribution is -2.23. The third-order valence-corrected chi connectivity index (χ3v) is 4.77. The molecule has 0 bridgehead atoms. The molecule has 35 heavy (non-hydrogen) atoms. The highest BCUT2D eigenvalue weighted by Crippen LogP contribution is 2.28.